The minimum Gasteiger partial charge on any atom is -0.287 e. The van der Waals surface area contributed by atoms with Gasteiger partial charge in [-0.3, -0.25) is 4.79 Å². The maximum atomic E-state index is 12.1. The van der Waals surface area contributed by atoms with Crippen molar-refractivity contribution in [2.45, 2.75) is 11.8 Å². The Labute approximate surface area is 133 Å². The number of carbonyl (C=O) groups excluding carboxylic acids is 1. The number of ketones is 1. The summed E-state index contributed by atoms with van der Waals surface area (Å²) in [6, 6.07) is 6.41. The second kappa shape index (κ2) is 5.75. The molecule has 1 aromatic rings. The first-order chi connectivity index (χ1) is 9.29. The average molecular weight is 419 g/mol. The number of halogens is 2. The lowest BCUT2D eigenvalue weighted by molar-refractivity contribution is -0.110. The normalized spacial score (nSPS) is 15.8. The van der Waals surface area contributed by atoms with E-state index < -0.39 is 10.0 Å². The minimum atomic E-state index is -3.80. The molecule has 0 fully saturated rings. The largest absolute Gasteiger partial charge is 0.287 e. The van der Waals surface area contributed by atoms with Crippen molar-refractivity contribution >= 4 is 53.4 Å². The van der Waals surface area contributed by atoms with Crippen molar-refractivity contribution in [3.8, 4) is 0 Å². The quantitative estimate of drug-likeness (QED) is 0.692. The second-order valence-electron chi connectivity index (χ2n) is 4.12. The molecule has 4 nitrogen and oxygen atoms in total. The Hall–Kier alpha value is -1.05. The monoisotopic (exact) mass is 417 g/mol. The molecule has 1 aliphatic rings. The van der Waals surface area contributed by atoms with Crippen molar-refractivity contribution in [1.29, 1.82) is 0 Å². The molecule has 1 aliphatic carbocycles. The summed E-state index contributed by atoms with van der Waals surface area (Å²) in [5.74, 6) is -0.253. The van der Waals surface area contributed by atoms with Crippen LogP contribution < -0.4 is 0 Å². The van der Waals surface area contributed by atoms with Gasteiger partial charge in [-0.15, -0.1) is 0 Å². The van der Waals surface area contributed by atoms with Crippen LogP contribution in [0.3, 0.4) is 0 Å². The molecular formula is C13H9Br2NO3S. The third-order valence-corrected chi connectivity index (χ3v) is 5.02. The van der Waals surface area contributed by atoms with E-state index in [4.69, 9.17) is 0 Å². The lowest BCUT2D eigenvalue weighted by Crippen LogP contribution is -2.09. The van der Waals surface area contributed by atoms with Gasteiger partial charge in [0.2, 0.25) is 5.78 Å². The second-order valence-corrected chi connectivity index (χ2v) is 7.43. The molecule has 2 rings (SSSR count). The molecule has 20 heavy (non-hydrogen) atoms. The molecule has 1 aromatic carbocycles. The highest BCUT2D eigenvalue weighted by atomic mass is 79.9. The van der Waals surface area contributed by atoms with E-state index in [-0.39, 0.29) is 25.4 Å². The summed E-state index contributed by atoms with van der Waals surface area (Å²) in [5.41, 5.74) is 1.15. The van der Waals surface area contributed by atoms with Crippen LogP contribution in [-0.4, -0.2) is 19.9 Å². The molecule has 0 saturated carbocycles. The highest BCUT2D eigenvalue weighted by molar-refractivity contribution is 9.13. The Bertz CT molecular complexity index is 735. The molecule has 0 heterocycles. The van der Waals surface area contributed by atoms with Crippen molar-refractivity contribution in [1.82, 2.24) is 0 Å². The van der Waals surface area contributed by atoms with Crippen LogP contribution in [0.25, 0.3) is 0 Å². The number of aryl methyl sites for hydroxylation is 1. The smallest absolute Gasteiger partial charge is 0.282 e. The van der Waals surface area contributed by atoms with Crippen molar-refractivity contribution in [3.05, 3.63) is 50.9 Å². The van der Waals surface area contributed by atoms with E-state index in [2.05, 4.69) is 36.3 Å². The number of allylic oxidation sites excluding steroid dienone is 4. The summed E-state index contributed by atoms with van der Waals surface area (Å²) in [4.78, 5) is 11.6. The van der Waals surface area contributed by atoms with Gasteiger partial charge in [0, 0.05) is 0 Å². The van der Waals surface area contributed by atoms with Crippen LogP contribution in [0, 0.1) is 6.92 Å². The topological polar surface area (TPSA) is 63.6 Å². The predicted octanol–water partition coefficient (Wildman–Crippen LogP) is 3.27. The van der Waals surface area contributed by atoms with E-state index in [0.717, 1.165) is 5.56 Å². The van der Waals surface area contributed by atoms with Gasteiger partial charge in [0.25, 0.3) is 10.0 Å². The van der Waals surface area contributed by atoms with E-state index >= 15 is 0 Å². The molecule has 0 aliphatic heterocycles. The first kappa shape index (κ1) is 15.3. The number of rotatable bonds is 2. The molecule has 104 valence electrons. The maximum absolute atomic E-state index is 12.1. The summed E-state index contributed by atoms with van der Waals surface area (Å²) in [5, 5.41) is 0. The van der Waals surface area contributed by atoms with Crippen molar-refractivity contribution in [2.75, 3.05) is 0 Å². The number of hydrogen-bond acceptors (Lipinski definition) is 3. The SMILES string of the molecule is Cc1ccc(S(=O)(=O)N=C2C=C(Br)C(=O)C(Br)=C2)cc1. The number of nitrogens with zero attached hydrogens (tertiary/aromatic N) is 1. The highest BCUT2D eigenvalue weighted by Crippen LogP contribution is 2.23. The summed E-state index contributed by atoms with van der Waals surface area (Å²) < 4.78 is 28.5. The van der Waals surface area contributed by atoms with Crippen LogP contribution in [0.1, 0.15) is 5.56 Å². The predicted molar refractivity (Wildman–Crippen MR) is 84.8 cm³/mol. The number of benzene rings is 1. The fourth-order valence-corrected chi connectivity index (χ4v) is 3.63. The van der Waals surface area contributed by atoms with Gasteiger partial charge in [0.1, 0.15) is 0 Å². The third-order valence-electron chi connectivity index (χ3n) is 2.53. The van der Waals surface area contributed by atoms with Crippen molar-refractivity contribution in [3.63, 3.8) is 0 Å². The van der Waals surface area contributed by atoms with Gasteiger partial charge in [-0.1, -0.05) is 17.7 Å². The standard InChI is InChI=1S/C13H9Br2NO3S/c1-8-2-4-10(5-3-8)20(18,19)16-9-6-11(14)13(17)12(15)7-9/h2-7H,1H3. The third kappa shape index (κ3) is 3.34. The summed E-state index contributed by atoms with van der Waals surface area (Å²) in [6.45, 7) is 1.87. The zero-order valence-electron chi connectivity index (χ0n) is 10.3. The molecule has 7 heteroatoms. The fraction of sp³-hybridized carbons (Fsp3) is 0.0769. The van der Waals surface area contributed by atoms with Gasteiger partial charge in [-0.25, -0.2) is 0 Å². The van der Waals surface area contributed by atoms with Crippen LogP contribution >= 0.6 is 31.9 Å². The molecule has 0 radical (unpaired) electrons. The first-order valence-corrected chi connectivity index (χ1v) is 8.53. The van der Waals surface area contributed by atoms with E-state index in [1.165, 1.54) is 24.3 Å². The van der Waals surface area contributed by atoms with Crippen LogP contribution in [0.4, 0.5) is 0 Å². The average Bonchev–Trinajstić information content (AvgIpc) is 2.36. The van der Waals surface area contributed by atoms with E-state index in [1.54, 1.807) is 12.1 Å². The molecule has 0 saturated heterocycles. The number of sulfonamides is 1. The molecule has 0 aromatic heterocycles. The van der Waals surface area contributed by atoms with Crippen LogP contribution in [-0.2, 0) is 14.8 Å². The number of Topliss-reactive ketones (excluding diaryl/α,β-unsaturated/α-hetero) is 1. The number of carbonyl (C=O) groups is 1. The first-order valence-electron chi connectivity index (χ1n) is 5.50. The van der Waals surface area contributed by atoms with Crippen molar-refractivity contribution < 1.29 is 13.2 Å². The van der Waals surface area contributed by atoms with Crippen molar-refractivity contribution in [2.24, 2.45) is 4.40 Å². The molecular weight excluding hydrogens is 410 g/mol. The zero-order valence-corrected chi connectivity index (χ0v) is 14.3. The summed E-state index contributed by atoms with van der Waals surface area (Å²) in [7, 11) is -3.80. The Balaban J connectivity index is 2.44. The van der Waals surface area contributed by atoms with Crippen LogP contribution in [0.2, 0.25) is 0 Å². The lowest BCUT2D eigenvalue weighted by atomic mass is 10.2. The zero-order chi connectivity index (χ0) is 14.9. The summed E-state index contributed by atoms with van der Waals surface area (Å²) in [6.07, 6.45) is 2.75. The summed E-state index contributed by atoms with van der Waals surface area (Å²) >= 11 is 6.15. The molecule has 0 N–H and O–H groups in total. The number of hydrogen-bond donors (Lipinski definition) is 0. The fourth-order valence-electron chi connectivity index (χ4n) is 1.50. The van der Waals surface area contributed by atoms with Gasteiger partial charge in [-0.2, -0.15) is 12.8 Å². The van der Waals surface area contributed by atoms with Gasteiger partial charge < -0.3 is 0 Å². The van der Waals surface area contributed by atoms with Gasteiger partial charge >= 0.3 is 0 Å². The molecule has 0 spiro atoms. The van der Waals surface area contributed by atoms with E-state index in [9.17, 15) is 13.2 Å². The van der Waals surface area contributed by atoms with E-state index in [1.807, 2.05) is 6.92 Å². The maximum Gasteiger partial charge on any atom is 0.282 e. The molecule has 0 unspecified atom stereocenters. The molecule has 0 bridgehead atoms. The van der Waals surface area contributed by atoms with Crippen LogP contribution in [0.15, 0.2) is 54.7 Å². The minimum absolute atomic E-state index is 0.113. The van der Waals surface area contributed by atoms with Gasteiger partial charge in [-0.05, 0) is 63.1 Å². The molecule has 0 atom stereocenters. The molecule has 0 amide bonds. The Morgan fingerprint density at radius 1 is 1.00 bits per heavy atom. The lowest BCUT2D eigenvalue weighted by Gasteiger charge is -2.06. The van der Waals surface area contributed by atoms with E-state index in [0.29, 0.717) is 0 Å². The Morgan fingerprint density at radius 3 is 2.00 bits per heavy atom. The highest BCUT2D eigenvalue weighted by Gasteiger charge is 2.19. The Morgan fingerprint density at radius 2 is 1.50 bits per heavy atom. The van der Waals surface area contributed by atoms with Gasteiger partial charge in [0.15, 0.2) is 0 Å². The Kier molecular flexibility index (Phi) is 4.41. The van der Waals surface area contributed by atoms with Crippen LogP contribution in [0.5, 0.6) is 0 Å². The van der Waals surface area contributed by atoms with Gasteiger partial charge in [0.05, 0.1) is 19.6 Å².